The van der Waals surface area contributed by atoms with Crippen LogP contribution in [0.5, 0.6) is 0 Å². The van der Waals surface area contributed by atoms with E-state index in [1.54, 1.807) is 23.1 Å². The SMILES string of the molecule is CCn1ccc(C(=O)NCc2nnc3c(=O)[nH]ccn23)n1. The van der Waals surface area contributed by atoms with Gasteiger partial charge in [-0.15, -0.1) is 10.2 Å². The maximum Gasteiger partial charge on any atom is 0.293 e. The van der Waals surface area contributed by atoms with Gasteiger partial charge in [-0.2, -0.15) is 5.10 Å². The van der Waals surface area contributed by atoms with E-state index in [1.165, 1.54) is 10.6 Å². The molecule has 0 aliphatic rings. The van der Waals surface area contributed by atoms with Gasteiger partial charge < -0.3 is 10.3 Å². The molecule has 0 atom stereocenters. The molecule has 3 heterocycles. The molecular weight excluding hydrogens is 274 g/mol. The van der Waals surface area contributed by atoms with E-state index < -0.39 is 0 Å². The fourth-order valence-electron chi connectivity index (χ4n) is 1.92. The number of H-pyrrole nitrogens is 1. The predicted octanol–water partition coefficient (Wildman–Crippen LogP) is -0.436. The average molecular weight is 287 g/mol. The Labute approximate surface area is 118 Å². The Morgan fingerprint density at radius 1 is 1.38 bits per heavy atom. The molecule has 0 fully saturated rings. The van der Waals surface area contributed by atoms with Crippen molar-refractivity contribution in [2.24, 2.45) is 0 Å². The van der Waals surface area contributed by atoms with Crippen molar-refractivity contribution in [2.45, 2.75) is 20.0 Å². The lowest BCUT2D eigenvalue weighted by Gasteiger charge is -2.01. The minimum atomic E-state index is -0.329. The molecule has 0 saturated heterocycles. The van der Waals surface area contributed by atoms with Crippen molar-refractivity contribution in [2.75, 3.05) is 0 Å². The Kier molecular flexibility index (Phi) is 3.22. The molecule has 2 N–H and O–H groups in total. The molecule has 3 aromatic rings. The van der Waals surface area contributed by atoms with E-state index in [0.717, 1.165) is 0 Å². The fourth-order valence-corrected chi connectivity index (χ4v) is 1.92. The number of carbonyl (C=O) groups excluding carboxylic acids is 1. The number of hydrogen-bond acceptors (Lipinski definition) is 5. The third kappa shape index (κ3) is 2.40. The number of aromatic nitrogens is 6. The highest BCUT2D eigenvalue weighted by atomic mass is 16.2. The number of rotatable bonds is 4. The van der Waals surface area contributed by atoms with Crippen molar-refractivity contribution in [3.05, 3.63) is 46.5 Å². The maximum absolute atomic E-state index is 12.0. The van der Waals surface area contributed by atoms with Gasteiger partial charge >= 0.3 is 0 Å². The average Bonchev–Trinajstić information content (AvgIpc) is 3.12. The van der Waals surface area contributed by atoms with E-state index in [4.69, 9.17) is 0 Å². The summed E-state index contributed by atoms with van der Waals surface area (Å²) in [7, 11) is 0. The van der Waals surface area contributed by atoms with Crippen LogP contribution in [0.2, 0.25) is 0 Å². The van der Waals surface area contributed by atoms with Gasteiger partial charge in [0.25, 0.3) is 11.5 Å². The van der Waals surface area contributed by atoms with Crippen LogP contribution < -0.4 is 10.9 Å². The number of hydrogen-bond donors (Lipinski definition) is 2. The quantitative estimate of drug-likeness (QED) is 0.676. The second-order valence-electron chi connectivity index (χ2n) is 4.34. The van der Waals surface area contributed by atoms with E-state index in [1.807, 2.05) is 6.92 Å². The van der Waals surface area contributed by atoms with Gasteiger partial charge in [-0.05, 0) is 13.0 Å². The first kappa shape index (κ1) is 13.0. The van der Waals surface area contributed by atoms with E-state index in [0.29, 0.717) is 18.1 Å². The highest BCUT2D eigenvalue weighted by molar-refractivity contribution is 5.92. The van der Waals surface area contributed by atoms with Crippen LogP contribution in [0.15, 0.2) is 29.5 Å². The first-order valence-corrected chi connectivity index (χ1v) is 6.42. The van der Waals surface area contributed by atoms with Gasteiger partial charge in [-0.1, -0.05) is 0 Å². The summed E-state index contributed by atoms with van der Waals surface area (Å²) < 4.78 is 3.20. The Morgan fingerprint density at radius 3 is 3.00 bits per heavy atom. The molecule has 0 aliphatic carbocycles. The smallest absolute Gasteiger partial charge is 0.293 e. The Hall–Kier alpha value is -2.97. The van der Waals surface area contributed by atoms with Gasteiger partial charge in [0.2, 0.25) is 5.65 Å². The fraction of sp³-hybridized carbons (Fsp3) is 0.250. The summed E-state index contributed by atoms with van der Waals surface area (Å²) in [4.78, 5) is 26.0. The summed E-state index contributed by atoms with van der Waals surface area (Å²) in [6, 6.07) is 1.64. The lowest BCUT2D eigenvalue weighted by Crippen LogP contribution is -2.24. The number of nitrogens with one attached hydrogen (secondary N) is 2. The van der Waals surface area contributed by atoms with E-state index in [2.05, 4.69) is 25.6 Å². The molecule has 9 nitrogen and oxygen atoms in total. The summed E-state index contributed by atoms with van der Waals surface area (Å²) in [5, 5.41) is 14.5. The Balaban J connectivity index is 1.76. The predicted molar refractivity (Wildman–Crippen MR) is 72.7 cm³/mol. The Morgan fingerprint density at radius 2 is 2.24 bits per heavy atom. The van der Waals surface area contributed by atoms with E-state index >= 15 is 0 Å². The standard InChI is InChI=1S/C12H13N7O2/c1-2-18-5-3-8(17-18)11(20)14-7-9-15-16-10-12(21)13-4-6-19(9)10/h3-6H,2,7H2,1H3,(H,13,21)(H,14,20). The summed E-state index contributed by atoms with van der Waals surface area (Å²) in [6.45, 7) is 2.79. The number of fused-ring (bicyclic) bond motifs is 1. The van der Waals surface area contributed by atoms with Crippen LogP contribution in [0.1, 0.15) is 23.2 Å². The first-order chi connectivity index (χ1) is 10.2. The van der Waals surface area contributed by atoms with E-state index in [9.17, 15) is 9.59 Å². The highest BCUT2D eigenvalue weighted by Crippen LogP contribution is 1.99. The topological polar surface area (TPSA) is 110 Å². The number of nitrogens with zero attached hydrogens (tertiary/aromatic N) is 5. The monoisotopic (exact) mass is 287 g/mol. The molecule has 0 aliphatic heterocycles. The molecule has 0 bridgehead atoms. The van der Waals surface area contributed by atoms with Gasteiger partial charge in [0.05, 0.1) is 6.54 Å². The second kappa shape index (κ2) is 5.19. The molecule has 9 heteroatoms. The summed E-state index contributed by atoms with van der Waals surface area (Å²) in [5.74, 6) is 0.170. The molecule has 0 aromatic carbocycles. The maximum atomic E-state index is 12.0. The Bertz CT molecular complexity index is 845. The van der Waals surface area contributed by atoms with Gasteiger partial charge in [0.15, 0.2) is 5.82 Å². The van der Waals surface area contributed by atoms with E-state index in [-0.39, 0.29) is 23.7 Å². The molecule has 3 rings (SSSR count). The molecule has 1 amide bonds. The van der Waals surface area contributed by atoms with Gasteiger partial charge in [-0.3, -0.25) is 18.7 Å². The minimum Gasteiger partial charge on any atom is -0.343 e. The summed E-state index contributed by atoms with van der Waals surface area (Å²) in [5.41, 5.74) is 0.199. The van der Waals surface area contributed by atoms with Crippen LogP contribution in [0.3, 0.4) is 0 Å². The zero-order valence-electron chi connectivity index (χ0n) is 11.3. The normalized spacial score (nSPS) is 10.9. The van der Waals surface area contributed by atoms with Crippen LogP contribution >= 0.6 is 0 Å². The van der Waals surface area contributed by atoms with Crippen molar-refractivity contribution in [3.8, 4) is 0 Å². The second-order valence-corrected chi connectivity index (χ2v) is 4.34. The molecular formula is C12H13N7O2. The first-order valence-electron chi connectivity index (χ1n) is 6.42. The summed E-state index contributed by atoms with van der Waals surface area (Å²) in [6.07, 6.45) is 4.86. The van der Waals surface area contributed by atoms with Gasteiger partial charge in [0, 0.05) is 25.1 Å². The number of aromatic amines is 1. The van der Waals surface area contributed by atoms with Crippen LogP contribution in [0.25, 0.3) is 5.65 Å². The van der Waals surface area contributed by atoms with Crippen LogP contribution in [-0.4, -0.2) is 35.3 Å². The third-order valence-electron chi connectivity index (χ3n) is 3.01. The summed E-state index contributed by atoms with van der Waals surface area (Å²) >= 11 is 0. The molecule has 0 spiro atoms. The van der Waals surface area contributed by atoms with Crippen LogP contribution in [-0.2, 0) is 13.1 Å². The van der Waals surface area contributed by atoms with Crippen LogP contribution in [0.4, 0.5) is 0 Å². The molecule has 0 unspecified atom stereocenters. The number of aryl methyl sites for hydroxylation is 1. The lowest BCUT2D eigenvalue weighted by atomic mass is 10.4. The van der Waals surface area contributed by atoms with Crippen molar-refractivity contribution < 1.29 is 4.79 Å². The highest BCUT2D eigenvalue weighted by Gasteiger charge is 2.12. The molecule has 21 heavy (non-hydrogen) atoms. The van der Waals surface area contributed by atoms with Crippen molar-refractivity contribution in [1.82, 2.24) is 34.7 Å². The minimum absolute atomic E-state index is 0.155. The zero-order chi connectivity index (χ0) is 14.8. The van der Waals surface area contributed by atoms with Crippen molar-refractivity contribution in [1.29, 1.82) is 0 Å². The number of amides is 1. The molecule has 0 saturated carbocycles. The molecule has 3 aromatic heterocycles. The number of carbonyl (C=O) groups is 1. The lowest BCUT2D eigenvalue weighted by molar-refractivity contribution is 0.0944. The zero-order valence-corrected chi connectivity index (χ0v) is 11.3. The van der Waals surface area contributed by atoms with Crippen molar-refractivity contribution in [3.63, 3.8) is 0 Å². The van der Waals surface area contributed by atoms with Crippen molar-refractivity contribution >= 4 is 11.6 Å². The van der Waals surface area contributed by atoms with Gasteiger partial charge in [-0.25, -0.2) is 0 Å². The van der Waals surface area contributed by atoms with Crippen LogP contribution in [0, 0.1) is 0 Å². The largest absolute Gasteiger partial charge is 0.343 e. The molecule has 108 valence electrons. The van der Waals surface area contributed by atoms with Gasteiger partial charge in [0.1, 0.15) is 5.69 Å². The third-order valence-corrected chi connectivity index (χ3v) is 3.01. The molecule has 0 radical (unpaired) electrons.